The number of likely N-dealkylation sites (tertiary alicyclic amines) is 2. The number of rotatable bonds is 3. The number of carbonyl (C=O) groups excluding carboxylic acids is 1. The zero-order valence-electron chi connectivity index (χ0n) is 10.5. The van der Waals surface area contributed by atoms with Gasteiger partial charge in [0, 0.05) is 38.6 Å². The normalized spacial score (nSPS) is 27.8. The van der Waals surface area contributed by atoms with Crippen LogP contribution in [-0.2, 0) is 4.79 Å². The average molecular weight is 255 g/mol. The predicted octanol–water partition coefficient (Wildman–Crippen LogP) is 0.326. The van der Waals surface area contributed by atoms with Crippen LogP contribution in [0.3, 0.4) is 0 Å². The third-order valence-corrected chi connectivity index (χ3v) is 3.82. The summed E-state index contributed by atoms with van der Waals surface area (Å²) in [6.45, 7) is 2.83. The van der Waals surface area contributed by atoms with Crippen molar-refractivity contribution in [3.63, 3.8) is 0 Å². The molecular formula is C12H21N3O3. The Kier molecular flexibility index (Phi) is 4.06. The van der Waals surface area contributed by atoms with Crippen molar-refractivity contribution < 1.29 is 14.7 Å². The van der Waals surface area contributed by atoms with Crippen molar-refractivity contribution in [2.24, 2.45) is 11.7 Å². The monoisotopic (exact) mass is 255 g/mol. The highest BCUT2D eigenvalue weighted by molar-refractivity contribution is 5.75. The molecule has 2 rings (SSSR count). The number of carbonyl (C=O) groups is 2. The summed E-state index contributed by atoms with van der Waals surface area (Å²) in [5, 5.41) is 8.65. The molecular weight excluding hydrogens is 234 g/mol. The summed E-state index contributed by atoms with van der Waals surface area (Å²) in [4.78, 5) is 26.3. The van der Waals surface area contributed by atoms with Crippen LogP contribution in [0, 0.1) is 5.92 Å². The van der Waals surface area contributed by atoms with Gasteiger partial charge in [-0.05, 0) is 25.2 Å². The van der Waals surface area contributed by atoms with Gasteiger partial charge in [0.05, 0.1) is 0 Å². The van der Waals surface area contributed by atoms with E-state index in [0.717, 1.165) is 25.9 Å². The maximum absolute atomic E-state index is 12.2. The highest BCUT2D eigenvalue weighted by Crippen LogP contribution is 2.23. The van der Waals surface area contributed by atoms with E-state index in [9.17, 15) is 9.59 Å². The van der Waals surface area contributed by atoms with Gasteiger partial charge >= 0.3 is 12.0 Å². The van der Waals surface area contributed by atoms with Gasteiger partial charge in [-0.2, -0.15) is 0 Å². The Morgan fingerprint density at radius 2 is 1.83 bits per heavy atom. The third-order valence-electron chi connectivity index (χ3n) is 3.82. The van der Waals surface area contributed by atoms with Gasteiger partial charge in [-0.3, -0.25) is 4.79 Å². The van der Waals surface area contributed by atoms with Crippen LogP contribution >= 0.6 is 0 Å². The van der Waals surface area contributed by atoms with Gasteiger partial charge in [0.2, 0.25) is 0 Å². The summed E-state index contributed by atoms with van der Waals surface area (Å²) in [5.41, 5.74) is 5.79. The van der Waals surface area contributed by atoms with E-state index in [0.29, 0.717) is 25.4 Å². The molecule has 2 unspecified atom stereocenters. The third kappa shape index (κ3) is 3.13. The molecule has 0 aromatic rings. The average Bonchev–Trinajstić information content (AvgIpc) is 2.94. The van der Waals surface area contributed by atoms with Gasteiger partial charge in [0.15, 0.2) is 0 Å². The topological polar surface area (TPSA) is 86.9 Å². The summed E-state index contributed by atoms with van der Waals surface area (Å²) in [6, 6.07) is 0.181. The zero-order chi connectivity index (χ0) is 13.1. The summed E-state index contributed by atoms with van der Waals surface area (Å²) in [5.74, 6) is -0.424. The maximum atomic E-state index is 12.2. The number of carboxylic acids is 1. The van der Waals surface area contributed by atoms with E-state index < -0.39 is 5.97 Å². The van der Waals surface area contributed by atoms with Crippen molar-refractivity contribution in [1.29, 1.82) is 0 Å². The largest absolute Gasteiger partial charge is 0.481 e. The molecule has 0 aliphatic carbocycles. The van der Waals surface area contributed by atoms with Crippen LogP contribution in [0.25, 0.3) is 0 Å². The Morgan fingerprint density at radius 1 is 1.17 bits per heavy atom. The summed E-state index contributed by atoms with van der Waals surface area (Å²) >= 11 is 0. The van der Waals surface area contributed by atoms with Crippen LogP contribution in [0.1, 0.15) is 25.7 Å². The molecule has 2 heterocycles. The number of carboxylic acid groups (broad SMARTS) is 1. The first-order chi connectivity index (χ1) is 8.56. The van der Waals surface area contributed by atoms with Gasteiger partial charge in [-0.1, -0.05) is 0 Å². The number of urea groups is 1. The van der Waals surface area contributed by atoms with Crippen molar-refractivity contribution in [2.75, 3.05) is 26.2 Å². The van der Waals surface area contributed by atoms with E-state index in [2.05, 4.69) is 0 Å². The molecule has 2 aliphatic rings. The first-order valence-electron chi connectivity index (χ1n) is 6.57. The van der Waals surface area contributed by atoms with Crippen LogP contribution in [0.4, 0.5) is 4.79 Å². The van der Waals surface area contributed by atoms with E-state index in [1.54, 1.807) is 0 Å². The molecule has 6 heteroatoms. The lowest BCUT2D eigenvalue weighted by Crippen LogP contribution is -2.41. The first kappa shape index (κ1) is 13.1. The Bertz CT molecular complexity index is 335. The van der Waals surface area contributed by atoms with Gasteiger partial charge in [0.25, 0.3) is 0 Å². The lowest BCUT2D eigenvalue weighted by molar-refractivity contribution is -0.137. The number of aliphatic carboxylic acids is 1. The zero-order valence-corrected chi connectivity index (χ0v) is 10.5. The minimum Gasteiger partial charge on any atom is -0.481 e. The van der Waals surface area contributed by atoms with Crippen molar-refractivity contribution in [2.45, 2.75) is 31.7 Å². The second-order valence-electron chi connectivity index (χ2n) is 5.31. The van der Waals surface area contributed by atoms with Crippen LogP contribution in [0.5, 0.6) is 0 Å². The van der Waals surface area contributed by atoms with Crippen molar-refractivity contribution in [1.82, 2.24) is 9.80 Å². The van der Waals surface area contributed by atoms with Gasteiger partial charge in [-0.25, -0.2) is 4.79 Å². The predicted molar refractivity (Wildman–Crippen MR) is 66.1 cm³/mol. The van der Waals surface area contributed by atoms with Crippen molar-refractivity contribution >= 4 is 12.0 Å². The lowest BCUT2D eigenvalue weighted by atomic mass is 10.0. The summed E-state index contributed by atoms with van der Waals surface area (Å²) in [7, 11) is 0. The summed E-state index contributed by atoms with van der Waals surface area (Å²) < 4.78 is 0. The van der Waals surface area contributed by atoms with Crippen LogP contribution < -0.4 is 5.73 Å². The minimum atomic E-state index is -0.759. The van der Waals surface area contributed by atoms with Gasteiger partial charge < -0.3 is 20.6 Å². The molecule has 0 bridgehead atoms. The molecule has 2 atom stereocenters. The summed E-state index contributed by atoms with van der Waals surface area (Å²) in [6.07, 6.45) is 2.65. The Labute approximate surface area is 107 Å². The molecule has 18 heavy (non-hydrogen) atoms. The second kappa shape index (κ2) is 5.56. The number of nitrogens with zero attached hydrogens (tertiary/aromatic N) is 2. The Balaban J connectivity index is 1.77. The molecule has 2 saturated heterocycles. The van der Waals surface area contributed by atoms with Crippen LogP contribution in [-0.4, -0.2) is 59.1 Å². The Morgan fingerprint density at radius 3 is 2.44 bits per heavy atom. The minimum absolute atomic E-state index is 0.0702. The smallest absolute Gasteiger partial charge is 0.320 e. The standard InChI is InChI=1S/C12H21N3O3/c13-10-4-6-15(8-10)12(18)14-5-3-9(7-14)1-2-11(16)17/h9-10H,1-8,13H2,(H,16,17). The number of nitrogens with two attached hydrogens (primary N) is 1. The van der Waals surface area contributed by atoms with E-state index in [1.807, 2.05) is 9.80 Å². The van der Waals surface area contributed by atoms with Gasteiger partial charge in [-0.15, -0.1) is 0 Å². The molecule has 2 amide bonds. The number of hydrogen-bond donors (Lipinski definition) is 2. The molecule has 2 aliphatic heterocycles. The van der Waals surface area contributed by atoms with E-state index >= 15 is 0 Å². The fourth-order valence-electron chi connectivity index (χ4n) is 2.73. The quantitative estimate of drug-likeness (QED) is 0.760. The molecule has 2 fully saturated rings. The van der Waals surface area contributed by atoms with Crippen molar-refractivity contribution in [3.8, 4) is 0 Å². The highest BCUT2D eigenvalue weighted by atomic mass is 16.4. The lowest BCUT2D eigenvalue weighted by Gasteiger charge is -2.24. The molecule has 3 N–H and O–H groups in total. The molecule has 6 nitrogen and oxygen atoms in total. The molecule has 0 aromatic carbocycles. The molecule has 0 spiro atoms. The highest BCUT2D eigenvalue weighted by Gasteiger charge is 2.32. The molecule has 102 valence electrons. The first-order valence-corrected chi connectivity index (χ1v) is 6.57. The van der Waals surface area contributed by atoms with Crippen molar-refractivity contribution in [3.05, 3.63) is 0 Å². The molecule has 0 aromatic heterocycles. The van der Waals surface area contributed by atoms with E-state index in [-0.39, 0.29) is 18.5 Å². The van der Waals surface area contributed by atoms with Crippen LogP contribution in [0.15, 0.2) is 0 Å². The molecule has 0 saturated carbocycles. The van der Waals surface area contributed by atoms with Gasteiger partial charge in [0.1, 0.15) is 0 Å². The number of hydrogen-bond acceptors (Lipinski definition) is 3. The van der Waals surface area contributed by atoms with E-state index in [1.165, 1.54) is 0 Å². The maximum Gasteiger partial charge on any atom is 0.320 e. The molecule has 0 radical (unpaired) electrons. The SMILES string of the molecule is NC1CCN(C(=O)N2CCC(CCC(=O)O)C2)C1. The second-order valence-corrected chi connectivity index (χ2v) is 5.31. The Hall–Kier alpha value is -1.30. The fourth-order valence-corrected chi connectivity index (χ4v) is 2.73. The fraction of sp³-hybridized carbons (Fsp3) is 0.833. The van der Waals surface area contributed by atoms with Crippen LogP contribution in [0.2, 0.25) is 0 Å². The number of amides is 2. The van der Waals surface area contributed by atoms with E-state index in [4.69, 9.17) is 10.8 Å².